The van der Waals surface area contributed by atoms with E-state index >= 15 is 0 Å². The summed E-state index contributed by atoms with van der Waals surface area (Å²) in [5.41, 5.74) is 2.09. The molecule has 0 amide bonds. The lowest BCUT2D eigenvalue weighted by atomic mass is 10.0. The minimum absolute atomic E-state index is 0.265. The highest BCUT2D eigenvalue weighted by Gasteiger charge is 2.24. The quantitative estimate of drug-likeness (QED) is 0.705. The van der Waals surface area contributed by atoms with Gasteiger partial charge in [-0.3, -0.25) is 0 Å². The topological polar surface area (TPSA) is 52.5 Å². The van der Waals surface area contributed by atoms with Gasteiger partial charge in [0.15, 0.2) is 5.82 Å². The fourth-order valence-corrected chi connectivity index (χ4v) is 4.48. The van der Waals surface area contributed by atoms with Crippen molar-refractivity contribution in [2.45, 2.75) is 25.3 Å². The summed E-state index contributed by atoms with van der Waals surface area (Å²) in [6.45, 7) is 3.22. The largest absolute Gasteiger partial charge is 0.396 e. The average Bonchev–Trinajstić information content (AvgIpc) is 3.26. The van der Waals surface area contributed by atoms with Crippen molar-refractivity contribution in [2.75, 3.05) is 38.2 Å². The van der Waals surface area contributed by atoms with E-state index in [1.807, 2.05) is 6.07 Å². The zero-order valence-electron chi connectivity index (χ0n) is 15.7. The summed E-state index contributed by atoms with van der Waals surface area (Å²) < 4.78 is 0. The standard InChI is InChI=1S/C21H26N4OS/c1-24(10-4-13-26)17-7-11-25(12-8-17)21-18-5-2-3-6-19(18)22-20(23-21)16-9-14-27-15-16/h2-3,5-6,9,14-15,17,26H,4,7-8,10-13H2,1H3. The Labute approximate surface area is 164 Å². The van der Waals surface area contributed by atoms with Crippen molar-refractivity contribution >= 4 is 28.1 Å². The Kier molecular flexibility index (Phi) is 5.66. The predicted octanol–water partition coefficient (Wildman–Crippen LogP) is 3.64. The molecule has 0 saturated carbocycles. The zero-order chi connectivity index (χ0) is 18.6. The van der Waals surface area contributed by atoms with Crippen LogP contribution in [0, 0.1) is 0 Å². The number of hydrogen-bond donors (Lipinski definition) is 1. The van der Waals surface area contributed by atoms with Gasteiger partial charge < -0.3 is 14.9 Å². The summed E-state index contributed by atoms with van der Waals surface area (Å²) in [6.07, 6.45) is 3.08. The van der Waals surface area contributed by atoms with E-state index in [1.54, 1.807) is 11.3 Å². The first-order chi connectivity index (χ1) is 13.3. The summed E-state index contributed by atoms with van der Waals surface area (Å²) in [6, 6.07) is 11.0. The summed E-state index contributed by atoms with van der Waals surface area (Å²) in [4.78, 5) is 14.6. The van der Waals surface area contributed by atoms with Crippen LogP contribution in [0.2, 0.25) is 0 Å². The van der Waals surface area contributed by atoms with Gasteiger partial charge in [0.2, 0.25) is 0 Å². The van der Waals surface area contributed by atoms with E-state index in [0.29, 0.717) is 6.04 Å². The van der Waals surface area contributed by atoms with Gasteiger partial charge in [-0.1, -0.05) is 12.1 Å². The van der Waals surface area contributed by atoms with Crippen LogP contribution >= 0.6 is 11.3 Å². The van der Waals surface area contributed by atoms with Crippen molar-refractivity contribution in [3.05, 3.63) is 41.1 Å². The number of nitrogens with zero attached hydrogens (tertiary/aromatic N) is 4. The van der Waals surface area contributed by atoms with Crippen LogP contribution in [-0.4, -0.2) is 59.3 Å². The van der Waals surface area contributed by atoms with Crippen molar-refractivity contribution in [3.8, 4) is 11.4 Å². The highest BCUT2D eigenvalue weighted by atomic mass is 32.1. The highest BCUT2D eigenvalue weighted by Crippen LogP contribution is 2.30. The molecule has 5 nitrogen and oxygen atoms in total. The van der Waals surface area contributed by atoms with Crippen LogP contribution in [0.25, 0.3) is 22.3 Å². The smallest absolute Gasteiger partial charge is 0.162 e. The molecular weight excluding hydrogens is 356 g/mol. The van der Waals surface area contributed by atoms with Gasteiger partial charge >= 0.3 is 0 Å². The second-order valence-corrected chi connectivity index (χ2v) is 7.96. The van der Waals surface area contributed by atoms with E-state index in [2.05, 4.69) is 51.9 Å². The number of para-hydroxylation sites is 1. The minimum atomic E-state index is 0.265. The van der Waals surface area contributed by atoms with Crippen molar-refractivity contribution in [3.63, 3.8) is 0 Å². The number of anilines is 1. The maximum atomic E-state index is 9.06. The molecule has 1 saturated heterocycles. The molecule has 0 unspecified atom stereocenters. The maximum Gasteiger partial charge on any atom is 0.162 e. The molecule has 1 N–H and O–H groups in total. The Bertz CT molecular complexity index is 875. The summed E-state index contributed by atoms with van der Waals surface area (Å²) in [5, 5.41) is 14.4. The summed E-state index contributed by atoms with van der Waals surface area (Å²) >= 11 is 1.67. The van der Waals surface area contributed by atoms with Crippen LogP contribution in [0.3, 0.4) is 0 Å². The third-order valence-electron chi connectivity index (χ3n) is 5.42. The number of piperidine rings is 1. The van der Waals surface area contributed by atoms with Gasteiger partial charge in [0, 0.05) is 48.6 Å². The molecule has 1 aliphatic heterocycles. The SMILES string of the molecule is CN(CCCO)C1CCN(c2nc(-c3ccsc3)nc3ccccc23)CC1. The Morgan fingerprint density at radius 1 is 1.19 bits per heavy atom. The van der Waals surface area contributed by atoms with Crippen LogP contribution in [0.5, 0.6) is 0 Å². The number of aromatic nitrogens is 2. The summed E-state index contributed by atoms with van der Waals surface area (Å²) in [5.74, 6) is 1.87. The van der Waals surface area contributed by atoms with E-state index < -0.39 is 0 Å². The molecule has 6 heteroatoms. The summed E-state index contributed by atoms with van der Waals surface area (Å²) in [7, 11) is 2.17. The highest BCUT2D eigenvalue weighted by molar-refractivity contribution is 7.08. The molecule has 0 bridgehead atoms. The van der Waals surface area contributed by atoms with Gasteiger partial charge in [-0.15, -0.1) is 0 Å². The number of benzene rings is 1. The van der Waals surface area contributed by atoms with Crippen LogP contribution in [-0.2, 0) is 0 Å². The number of aliphatic hydroxyl groups excluding tert-OH is 1. The predicted molar refractivity (Wildman–Crippen MR) is 112 cm³/mol. The normalized spacial score (nSPS) is 15.7. The number of fused-ring (bicyclic) bond motifs is 1. The fraction of sp³-hybridized carbons (Fsp3) is 0.429. The molecular formula is C21H26N4OS. The van der Waals surface area contributed by atoms with Gasteiger partial charge in [-0.2, -0.15) is 11.3 Å². The molecule has 0 radical (unpaired) electrons. The lowest BCUT2D eigenvalue weighted by Crippen LogP contribution is -2.44. The van der Waals surface area contributed by atoms with Crippen molar-refractivity contribution in [2.24, 2.45) is 0 Å². The van der Waals surface area contributed by atoms with E-state index in [9.17, 15) is 0 Å². The van der Waals surface area contributed by atoms with Gasteiger partial charge in [0.05, 0.1) is 5.52 Å². The first kappa shape index (κ1) is 18.3. The molecule has 1 fully saturated rings. The van der Waals surface area contributed by atoms with E-state index in [0.717, 1.165) is 67.0 Å². The molecule has 4 rings (SSSR count). The first-order valence-electron chi connectivity index (χ1n) is 9.61. The number of aliphatic hydroxyl groups is 1. The maximum absolute atomic E-state index is 9.06. The lowest BCUT2D eigenvalue weighted by molar-refractivity contribution is 0.184. The number of thiophene rings is 1. The van der Waals surface area contributed by atoms with Gasteiger partial charge in [0.25, 0.3) is 0 Å². The van der Waals surface area contributed by atoms with Crippen LogP contribution in [0.15, 0.2) is 41.1 Å². The van der Waals surface area contributed by atoms with E-state index in [4.69, 9.17) is 15.1 Å². The minimum Gasteiger partial charge on any atom is -0.396 e. The van der Waals surface area contributed by atoms with Gasteiger partial charge in [0.1, 0.15) is 5.82 Å². The average molecular weight is 383 g/mol. The molecule has 3 heterocycles. The third kappa shape index (κ3) is 3.98. The van der Waals surface area contributed by atoms with Crippen LogP contribution < -0.4 is 4.90 Å². The Morgan fingerprint density at radius 3 is 2.74 bits per heavy atom. The lowest BCUT2D eigenvalue weighted by Gasteiger charge is -2.37. The first-order valence-corrected chi connectivity index (χ1v) is 10.6. The van der Waals surface area contributed by atoms with Crippen LogP contribution in [0.4, 0.5) is 5.82 Å². The molecule has 1 aliphatic rings. The van der Waals surface area contributed by atoms with Crippen molar-refractivity contribution < 1.29 is 5.11 Å². The molecule has 0 atom stereocenters. The van der Waals surface area contributed by atoms with Gasteiger partial charge in [-0.05, 0) is 49.9 Å². The third-order valence-corrected chi connectivity index (χ3v) is 6.10. The molecule has 27 heavy (non-hydrogen) atoms. The zero-order valence-corrected chi connectivity index (χ0v) is 16.5. The Hall–Kier alpha value is -2.02. The monoisotopic (exact) mass is 382 g/mol. The number of rotatable bonds is 6. The molecule has 142 valence electrons. The molecule has 0 spiro atoms. The van der Waals surface area contributed by atoms with Crippen molar-refractivity contribution in [1.82, 2.24) is 14.9 Å². The van der Waals surface area contributed by atoms with E-state index in [1.165, 1.54) is 0 Å². The second-order valence-electron chi connectivity index (χ2n) is 7.18. The number of hydrogen-bond acceptors (Lipinski definition) is 6. The molecule has 2 aromatic heterocycles. The van der Waals surface area contributed by atoms with Gasteiger partial charge in [-0.25, -0.2) is 9.97 Å². The van der Waals surface area contributed by atoms with Crippen LogP contribution in [0.1, 0.15) is 19.3 Å². The Balaban J connectivity index is 1.58. The molecule has 1 aromatic carbocycles. The second kappa shape index (κ2) is 8.33. The molecule has 0 aliphatic carbocycles. The Morgan fingerprint density at radius 2 is 2.00 bits per heavy atom. The van der Waals surface area contributed by atoms with E-state index in [-0.39, 0.29) is 6.61 Å². The fourth-order valence-electron chi connectivity index (χ4n) is 3.84. The molecule has 3 aromatic rings. The van der Waals surface area contributed by atoms with Crippen molar-refractivity contribution in [1.29, 1.82) is 0 Å².